The van der Waals surface area contributed by atoms with Crippen LogP contribution in [0.1, 0.15) is 43.8 Å². The second kappa shape index (κ2) is 7.33. The third kappa shape index (κ3) is 3.39. The molecule has 0 spiro atoms. The summed E-state index contributed by atoms with van der Waals surface area (Å²) in [6.45, 7) is 3.24. The number of aromatic nitrogens is 1. The largest absolute Gasteiger partial charge is 0.382 e. The lowest BCUT2D eigenvalue weighted by Crippen LogP contribution is -2.31. The van der Waals surface area contributed by atoms with Gasteiger partial charge in [0.05, 0.1) is 18.9 Å². The van der Waals surface area contributed by atoms with E-state index in [9.17, 15) is 14.7 Å². The maximum atomic E-state index is 12.8. The predicted molar refractivity (Wildman–Crippen MR) is 102 cm³/mol. The van der Waals surface area contributed by atoms with Crippen LogP contribution in [0.2, 0.25) is 0 Å². The zero-order valence-electron chi connectivity index (χ0n) is 15.8. The van der Waals surface area contributed by atoms with Gasteiger partial charge in [0.1, 0.15) is 11.8 Å². The molecule has 1 aliphatic heterocycles. The number of fused-ring (bicyclic) bond motifs is 1. The Hall–Kier alpha value is -2.77. The lowest BCUT2D eigenvalue weighted by Gasteiger charge is -2.16. The fraction of sp³-hybridized carbons (Fsp3) is 0.381. The Bertz CT molecular complexity index is 920. The molecule has 3 N–H and O–H groups in total. The number of rotatable bonds is 5. The third-order valence-electron chi connectivity index (χ3n) is 5.58. The number of aliphatic hydroxyl groups excluding tert-OH is 1. The number of ether oxygens (including phenoxy) is 1. The summed E-state index contributed by atoms with van der Waals surface area (Å²) >= 11 is 0. The van der Waals surface area contributed by atoms with E-state index in [1.807, 2.05) is 25.1 Å². The Kier molecular flexibility index (Phi) is 4.87. The number of benzene rings is 1. The molecule has 28 heavy (non-hydrogen) atoms. The van der Waals surface area contributed by atoms with Gasteiger partial charge in [-0.25, -0.2) is 4.98 Å². The Morgan fingerprint density at radius 3 is 2.57 bits per heavy atom. The molecule has 1 saturated heterocycles. The van der Waals surface area contributed by atoms with Gasteiger partial charge in [0.15, 0.2) is 0 Å². The molecule has 2 aliphatic rings. The molecule has 0 radical (unpaired) electrons. The van der Waals surface area contributed by atoms with Crippen LogP contribution in [0.4, 0.5) is 0 Å². The number of amides is 2. The first-order chi connectivity index (χ1) is 13.5. The summed E-state index contributed by atoms with van der Waals surface area (Å²) in [6, 6.07) is 10.5. The molecule has 2 heterocycles. The summed E-state index contributed by atoms with van der Waals surface area (Å²) in [4.78, 5) is 29.2. The molecule has 1 aliphatic carbocycles. The fourth-order valence-electron chi connectivity index (χ4n) is 3.81. The molecule has 1 saturated carbocycles. The van der Waals surface area contributed by atoms with Crippen molar-refractivity contribution in [1.29, 1.82) is 0 Å². The highest BCUT2D eigenvalue weighted by molar-refractivity contribution is 5.99. The molecule has 1 unspecified atom stereocenters. The van der Waals surface area contributed by atoms with Crippen molar-refractivity contribution in [3.8, 4) is 0 Å². The number of aryl methyl sites for hydroxylation is 1. The number of carbonyl (C=O) groups excluding carboxylic acids is 2. The van der Waals surface area contributed by atoms with Crippen LogP contribution in [0.3, 0.4) is 0 Å². The Labute approximate surface area is 163 Å². The van der Waals surface area contributed by atoms with E-state index < -0.39 is 12.0 Å². The van der Waals surface area contributed by atoms with Crippen LogP contribution >= 0.6 is 0 Å². The zero-order valence-corrected chi connectivity index (χ0v) is 15.8. The number of nitrogens with zero attached hydrogens (tertiary/aromatic N) is 1. The molecule has 1 aromatic carbocycles. The van der Waals surface area contributed by atoms with Crippen molar-refractivity contribution in [2.45, 2.75) is 19.1 Å². The lowest BCUT2D eigenvalue weighted by atomic mass is 9.99. The number of hydrogen-bond acceptors (Lipinski definition) is 5. The summed E-state index contributed by atoms with van der Waals surface area (Å²) in [5, 5.41) is 16.4. The van der Waals surface area contributed by atoms with Crippen molar-refractivity contribution in [3.05, 3.63) is 64.5 Å². The maximum Gasteiger partial charge on any atom is 0.269 e. The average Bonchev–Trinajstić information content (AvgIpc) is 3.13. The molecule has 1 aromatic heterocycles. The molecule has 0 bridgehead atoms. The van der Waals surface area contributed by atoms with Crippen molar-refractivity contribution in [2.24, 2.45) is 11.8 Å². The number of nitrogens with one attached hydrogen (secondary N) is 2. The number of carbonyl (C=O) groups is 2. The Morgan fingerprint density at radius 1 is 1.18 bits per heavy atom. The van der Waals surface area contributed by atoms with Crippen LogP contribution in [0, 0.1) is 18.8 Å². The summed E-state index contributed by atoms with van der Waals surface area (Å²) < 4.78 is 5.35. The second-order valence-electron chi connectivity index (χ2n) is 7.37. The van der Waals surface area contributed by atoms with Gasteiger partial charge in [-0.3, -0.25) is 9.59 Å². The number of hydrogen-bond donors (Lipinski definition) is 3. The minimum atomic E-state index is -1.04. The first-order valence-electron chi connectivity index (χ1n) is 9.36. The van der Waals surface area contributed by atoms with Gasteiger partial charge in [-0.2, -0.15) is 0 Å². The van der Waals surface area contributed by atoms with Crippen LogP contribution in [-0.4, -0.2) is 48.2 Å². The van der Waals surface area contributed by atoms with Crippen LogP contribution in [-0.2, 0) is 4.74 Å². The van der Waals surface area contributed by atoms with E-state index in [0.717, 1.165) is 5.56 Å². The van der Waals surface area contributed by atoms with Crippen LogP contribution < -0.4 is 10.6 Å². The molecule has 7 heteroatoms. The minimum Gasteiger partial charge on any atom is -0.382 e. The zero-order chi connectivity index (χ0) is 19.8. The van der Waals surface area contributed by atoms with E-state index in [-0.39, 0.29) is 23.3 Å². The fourth-order valence-corrected chi connectivity index (χ4v) is 3.81. The molecule has 4 rings (SSSR count). The average molecular weight is 381 g/mol. The van der Waals surface area contributed by atoms with Gasteiger partial charge < -0.3 is 20.5 Å². The van der Waals surface area contributed by atoms with E-state index in [2.05, 4.69) is 15.6 Å². The number of pyridine rings is 1. The van der Waals surface area contributed by atoms with E-state index in [0.29, 0.717) is 36.2 Å². The van der Waals surface area contributed by atoms with Crippen molar-refractivity contribution < 1.29 is 19.4 Å². The standard InChI is InChI=1S/C21H23N3O4/c1-11-5-3-4-6-13(11)19(25)16-7-12(8-17(23-16)21(27)22-2)20(26)24-18-14-9-28-10-15(14)18/h3-8,14-15,18-19,25H,9-10H2,1-2H3,(H,22,27)(H,24,26)/t14-,15+,18+,19?. The van der Waals surface area contributed by atoms with Gasteiger partial charge in [0.25, 0.3) is 11.8 Å². The van der Waals surface area contributed by atoms with Crippen LogP contribution in [0.5, 0.6) is 0 Å². The second-order valence-corrected chi connectivity index (χ2v) is 7.37. The van der Waals surface area contributed by atoms with Gasteiger partial charge >= 0.3 is 0 Å². The van der Waals surface area contributed by atoms with E-state index in [1.165, 1.54) is 13.1 Å². The predicted octanol–water partition coefficient (Wildman–Crippen LogP) is 1.21. The van der Waals surface area contributed by atoms with Gasteiger partial charge in [-0.15, -0.1) is 0 Å². The highest BCUT2D eigenvalue weighted by Crippen LogP contribution is 2.44. The molecule has 2 amide bonds. The van der Waals surface area contributed by atoms with E-state index in [1.54, 1.807) is 12.1 Å². The molecular formula is C21H23N3O4. The maximum absolute atomic E-state index is 12.8. The van der Waals surface area contributed by atoms with Crippen molar-refractivity contribution in [2.75, 3.05) is 20.3 Å². The Balaban J connectivity index is 1.64. The van der Waals surface area contributed by atoms with Crippen LogP contribution in [0.25, 0.3) is 0 Å². The quantitative estimate of drug-likeness (QED) is 0.723. The molecule has 146 valence electrons. The molecule has 7 nitrogen and oxygen atoms in total. The van der Waals surface area contributed by atoms with Crippen molar-refractivity contribution in [3.63, 3.8) is 0 Å². The smallest absolute Gasteiger partial charge is 0.269 e. The topological polar surface area (TPSA) is 101 Å². The Morgan fingerprint density at radius 2 is 1.89 bits per heavy atom. The summed E-state index contributed by atoms with van der Waals surface area (Å²) in [6.07, 6.45) is -1.04. The first-order valence-corrected chi connectivity index (χ1v) is 9.36. The number of aliphatic hydroxyl groups is 1. The highest BCUT2D eigenvalue weighted by atomic mass is 16.5. The highest BCUT2D eigenvalue weighted by Gasteiger charge is 2.54. The summed E-state index contributed by atoms with van der Waals surface area (Å²) in [5.74, 6) is 0.0669. The van der Waals surface area contributed by atoms with Crippen molar-refractivity contribution in [1.82, 2.24) is 15.6 Å². The van der Waals surface area contributed by atoms with Crippen LogP contribution in [0.15, 0.2) is 36.4 Å². The van der Waals surface area contributed by atoms with Gasteiger partial charge in [-0.1, -0.05) is 24.3 Å². The van der Waals surface area contributed by atoms with E-state index >= 15 is 0 Å². The minimum absolute atomic E-state index is 0.0945. The van der Waals surface area contributed by atoms with Gasteiger partial charge in [0.2, 0.25) is 0 Å². The lowest BCUT2D eigenvalue weighted by molar-refractivity contribution is 0.0928. The molecule has 2 aromatic rings. The summed E-state index contributed by atoms with van der Waals surface area (Å²) in [5.41, 5.74) is 2.25. The summed E-state index contributed by atoms with van der Waals surface area (Å²) in [7, 11) is 1.50. The van der Waals surface area contributed by atoms with E-state index in [4.69, 9.17) is 4.74 Å². The SMILES string of the molecule is CNC(=O)c1cc(C(=O)N[C@H]2[C@@H]3COC[C@@H]32)cc(C(O)c2ccccc2C)n1. The monoisotopic (exact) mass is 381 g/mol. The molecular weight excluding hydrogens is 358 g/mol. The van der Waals surface area contributed by atoms with Crippen molar-refractivity contribution >= 4 is 11.8 Å². The first kappa shape index (κ1) is 18.6. The normalized spacial score (nSPS) is 23.6. The third-order valence-corrected chi connectivity index (χ3v) is 5.58. The molecule has 4 atom stereocenters. The van der Waals surface area contributed by atoms with Gasteiger partial charge in [0, 0.05) is 30.5 Å². The molecule has 2 fully saturated rings. The van der Waals surface area contributed by atoms with Gasteiger partial charge in [-0.05, 0) is 30.2 Å².